The molecule has 0 unspecified atom stereocenters. The van der Waals surface area contributed by atoms with Crippen molar-refractivity contribution < 1.29 is 18.8 Å². The number of carbonyl (C=O) groups is 1. The largest absolute Gasteiger partial charge is 0.489 e. The van der Waals surface area contributed by atoms with Crippen LogP contribution in [0, 0.1) is 15.9 Å². The lowest BCUT2D eigenvalue weighted by atomic mass is 9.78. The molecule has 3 aromatic rings. The Labute approximate surface area is 189 Å². The van der Waals surface area contributed by atoms with Crippen LogP contribution in [0.3, 0.4) is 0 Å². The van der Waals surface area contributed by atoms with E-state index in [1.54, 1.807) is 66.7 Å². The molecule has 2 heterocycles. The van der Waals surface area contributed by atoms with Gasteiger partial charge in [0.05, 0.1) is 5.92 Å². The standard InChI is InChI=1S/C25H22FN3O4/c1-15-22(16-10-12-18(13-11-16)33-14-17-6-2-4-8-20(17)26)23(29(31)32)25(28-15)19-7-3-5-9-21(19)27-24(25)30/h2-13,15,22-23,28H,14H2,1H3,(H,27,30)/t15-,22-,23+,25-/m0/s1. The first-order valence-electron chi connectivity index (χ1n) is 10.7. The summed E-state index contributed by atoms with van der Waals surface area (Å²) in [5, 5.41) is 18.4. The van der Waals surface area contributed by atoms with E-state index in [-0.39, 0.29) is 23.4 Å². The number of ether oxygens (including phenoxy) is 1. The Morgan fingerprint density at radius 3 is 2.48 bits per heavy atom. The fourth-order valence-corrected chi connectivity index (χ4v) is 5.12. The van der Waals surface area contributed by atoms with Crippen molar-refractivity contribution in [3.8, 4) is 5.75 Å². The number of para-hydroxylation sites is 1. The first-order valence-corrected chi connectivity index (χ1v) is 10.7. The van der Waals surface area contributed by atoms with E-state index in [1.165, 1.54) is 6.07 Å². The van der Waals surface area contributed by atoms with Crippen molar-refractivity contribution in [2.45, 2.75) is 37.1 Å². The van der Waals surface area contributed by atoms with Gasteiger partial charge in [0.15, 0.2) is 5.54 Å². The predicted octanol–water partition coefficient (Wildman–Crippen LogP) is 3.97. The Bertz CT molecular complexity index is 1230. The van der Waals surface area contributed by atoms with Gasteiger partial charge in [-0.25, -0.2) is 4.39 Å². The zero-order valence-corrected chi connectivity index (χ0v) is 17.8. The maximum atomic E-state index is 13.8. The van der Waals surface area contributed by atoms with Crippen LogP contribution in [0.25, 0.3) is 0 Å². The van der Waals surface area contributed by atoms with Crippen LogP contribution in [-0.4, -0.2) is 22.9 Å². The third-order valence-electron chi connectivity index (χ3n) is 6.58. The molecule has 0 aliphatic carbocycles. The Balaban J connectivity index is 1.44. The van der Waals surface area contributed by atoms with Crippen LogP contribution < -0.4 is 15.4 Å². The predicted molar refractivity (Wildman–Crippen MR) is 120 cm³/mol. The number of hydrogen-bond acceptors (Lipinski definition) is 5. The zero-order valence-electron chi connectivity index (χ0n) is 17.8. The third-order valence-corrected chi connectivity index (χ3v) is 6.58. The molecular formula is C25H22FN3O4. The van der Waals surface area contributed by atoms with Gasteiger partial charge in [-0.2, -0.15) is 0 Å². The second kappa shape index (κ2) is 7.97. The molecule has 7 nitrogen and oxygen atoms in total. The summed E-state index contributed by atoms with van der Waals surface area (Å²) in [6, 6.07) is 18.9. The second-order valence-corrected chi connectivity index (χ2v) is 8.45. The lowest BCUT2D eigenvalue weighted by Gasteiger charge is -2.25. The van der Waals surface area contributed by atoms with Gasteiger partial charge in [-0.3, -0.25) is 20.2 Å². The SMILES string of the molecule is C[C@@H]1N[C@]2(C(=O)Nc3ccccc32)[C@H]([N+](=O)[O-])[C@@H]1c1ccc(OCc2ccccc2F)cc1. The maximum absolute atomic E-state index is 13.8. The molecule has 2 aliphatic heterocycles. The maximum Gasteiger partial charge on any atom is 0.256 e. The molecule has 1 fully saturated rings. The Kier molecular flexibility index (Phi) is 5.09. The summed E-state index contributed by atoms with van der Waals surface area (Å²) in [5.41, 5.74) is 0.910. The van der Waals surface area contributed by atoms with Crippen molar-refractivity contribution in [3.05, 3.63) is 105 Å². The Hall–Kier alpha value is -3.78. The highest BCUT2D eigenvalue weighted by Crippen LogP contribution is 2.49. The van der Waals surface area contributed by atoms with E-state index < -0.39 is 23.4 Å². The minimum absolute atomic E-state index is 0.0744. The minimum Gasteiger partial charge on any atom is -0.489 e. The highest BCUT2D eigenvalue weighted by molar-refractivity contribution is 6.07. The molecule has 4 atom stereocenters. The quantitative estimate of drug-likeness (QED) is 0.456. The van der Waals surface area contributed by atoms with E-state index in [0.717, 1.165) is 5.56 Å². The number of halogens is 1. The summed E-state index contributed by atoms with van der Waals surface area (Å²) >= 11 is 0. The van der Waals surface area contributed by atoms with E-state index in [2.05, 4.69) is 10.6 Å². The molecule has 0 radical (unpaired) electrons. The summed E-state index contributed by atoms with van der Waals surface area (Å²) in [7, 11) is 0. The number of anilines is 1. The van der Waals surface area contributed by atoms with Gasteiger partial charge in [0.25, 0.3) is 11.9 Å². The number of nitrogens with one attached hydrogen (secondary N) is 2. The highest BCUT2D eigenvalue weighted by Gasteiger charge is 2.67. The molecule has 168 valence electrons. The fourth-order valence-electron chi connectivity index (χ4n) is 5.12. The smallest absolute Gasteiger partial charge is 0.256 e. The highest BCUT2D eigenvalue weighted by atomic mass is 19.1. The number of rotatable bonds is 5. The number of hydrogen-bond donors (Lipinski definition) is 2. The lowest BCUT2D eigenvalue weighted by molar-refractivity contribution is -0.532. The van der Waals surface area contributed by atoms with Gasteiger partial charge in [-0.05, 0) is 36.8 Å². The Morgan fingerprint density at radius 1 is 1.06 bits per heavy atom. The monoisotopic (exact) mass is 447 g/mol. The van der Waals surface area contributed by atoms with Crippen LogP contribution >= 0.6 is 0 Å². The van der Waals surface area contributed by atoms with Crippen molar-refractivity contribution in [1.29, 1.82) is 0 Å². The van der Waals surface area contributed by atoms with Crippen molar-refractivity contribution >= 4 is 11.6 Å². The van der Waals surface area contributed by atoms with Crippen LogP contribution in [0.1, 0.15) is 29.5 Å². The molecule has 8 heteroatoms. The number of benzene rings is 3. The third kappa shape index (κ3) is 3.34. The van der Waals surface area contributed by atoms with Crippen molar-refractivity contribution in [3.63, 3.8) is 0 Å². The molecular weight excluding hydrogens is 425 g/mol. The summed E-state index contributed by atoms with van der Waals surface area (Å²) in [6.45, 7) is 1.93. The first kappa shape index (κ1) is 21.1. The second-order valence-electron chi connectivity index (χ2n) is 8.45. The molecule has 0 bridgehead atoms. The van der Waals surface area contributed by atoms with Gasteiger partial charge in [0, 0.05) is 27.8 Å². The van der Waals surface area contributed by atoms with Gasteiger partial charge in [0.1, 0.15) is 18.2 Å². The van der Waals surface area contributed by atoms with E-state index in [1.807, 2.05) is 6.92 Å². The fraction of sp³-hybridized carbons (Fsp3) is 0.240. The van der Waals surface area contributed by atoms with Crippen LogP contribution in [0.15, 0.2) is 72.8 Å². The van der Waals surface area contributed by atoms with Crippen molar-refractivity contribution in [2.24, 2.45) is 0 Å². The Morgan fingerprint density at radius 2 is 1.76 bits per heavy atom. The molecule has 3 aromatic carbocycles. The van der Waals surface area contributed by atoms with Gasteiger partial charge in [-0.15, -0.1) is 0 Å². The lowest BCUT2D eigenvalue weighted by Crippen LogP contribution is -2.54. The van der Waals surface area contributed by atoms with Crippen molar-refractivity contribution in [2.75, 3.05) is 5.32 Å². The van der Waals surface area contributed by atoms with Crippen LogP contribution in [0.5, 0.6) is 5.75 Å². The van der Waals surface area contributed by atoms with Crippen LogP contribution in [0.4, 0.5) is 10.1 Å². The number of carbonyl (C=O) groups excluding carboxylic acids is 1. The molecule has 0 saturated carbocycles. The number of nitrogens with zero attached hydrogens (tertiary/aromatic N) is 1. The van der Waals surface area contributed by atoms with E-state index in [4.69, 9.17) is 4.74 Å². The average molecular weight is 447 g/mol. The topological polar surface area (TPSA) is 93.5 Å². The average Bonchev–Trinajstić information content (AvgIpc) is 3.27. The molecule has 5 rings (SSSR count). The number of amides is 1. The molecule has 1 amide bonds. The van der Waals surface area contributed by atoms with E-state index >= 15 is 0 Å². The number of fused-ring (bicyclic) bond motifs is 2. The van der Waals surface area contributed by atoms with Crippen LogP contribution in [-0.2, 0) is 16.9 Å². The molecule has 33 heavy (non-hydrogen) atoms. The molecule has 1 spiro atoms. The van der Waals surface area contributed by atoms with Gasteiger partial charge in [0.2, 0.25) is 0 Å². The zero-order chi connectivity index (χ0) is 23.2. The van der Waals surface area contributed by atoms with Crippen LogP contribution in [0.2, 0.25) is 0 Å². The summed E-state index contributed by atoms with van der Waals surface area (Å²) < 4.78 is 19.5. The molecule has 1 saturated heterocycles. The summed E-state index contributed by atoms with van der Waals surface area (Å²) in [6.07, 6.45) is 0. The molecule has 2 N–H and O–H groups in total. The van der Waals surface area contributed by atoms with Gasteiger partial charge >= 0.3 is 0 Å². The van der Waals surface area contributed by atoms with Gasteiger partial charge < -0.3 is 10.1 Å². The number of nitro groups is 1. The summed E-state index contributed by atoms with van der Waals surface area (Å²) in [4.78, 5) is 25.0. The summed E-state index contributed by atoms with van der Waals surface area (Å²) in [5.74, 6) is -0.770. The molecule has 2 aliphatic rings. The van der Waals surface area contributed by atoms with E-state index in [0.29, 0.717) is 22.6 Å². The van der Waals surface area contributed by atoms with E-state index in [9.17, 15) is 19.3 Å². The first-order chi connectivity index (χ1) is 15.9. The normalized spacial score (nSPS) is 25.6. The van der Waals surface area contributed by atoms with Gasteiger partial charge in [-0.1, -0.05) is 48.5 Å². The minimum atomic E-state index is -1.44. The van der Waals surface area contributed by atoms with Crippen molar-refractivity contribution in [1.82, 2.24) is 5.32 Å². The molecule has 0 aromatic heterocycles.